The number of carbonyl (C=O) groups is 2. The summed E-state index contributed by atoms with van der Waals surface area (Å²) in [5.74, 6) is 0.211. The standard InChI is InChI=1S/C25H19ClN2O3/c26-14-8-9-17-19(12-14)31-20-13-18(28-10-4-1-5-11-28)21-22(23(20)27-17)25(30)16-7-3-2-6-15(16)24(21)29/h2-3,6-9,12-13,19H,1,4-5,10-11H2. The van der Waals surface area contributed by atoms with Crippen molar-refractivity contribution >= 4 is 40.3 Å². The average molecular weight is 431 g/mol. The average Bonchev–Trinajstić information content (AvgIpc) is 2.80. The lowest BCUT2D eigenvalue weighted by Crippen LogP contribution is -2.34. The van der Waals surface area contributed by atoms with Gasteiger partial charge in [-0.15, -0.1) is 0 Å². The molecule has 2 aromatic carbocycles. The Hall–Kier alpha value is -3.18. The summed E-state index contributed by atoms with van der Waals surface area (Å²) in [7, 11) is 0. The zero-order valence-electron chi connectivity index (χ0n) is 16.7. The second kappa shape index (κ2) is 6.92. The van der Waals surface area contributed by atoms with E-state index in [1.807, 2.05) is 6.07 Å². The Balaban J connectivity index is 1.62. The third-order valence-electron chi connectivity index (χ3n) is 6.32. The minimum absolute atomic E-state index is 0.127. The Morgan fingerprint density at radius 3 is 2.42 bits per heavy atom. The zero-order chi connectivity index (χ0) is 21.1. The molecule has 0 radical (unpaired) electrons. The number of rotatable bonds is 1. The van der Waals surface area contributed by atoms with Crippen LogP contribution in [0.15, 0.2) is 58.6 Å². The number of hydrogen-bond acceptors (Lipinski definition) is 5. The summed E-state index contributed by atoms with van der Waals surface area (Å²) in [5, 5.41) is 0.585. The van der Waals surface area contributed by atoms with Crippen molar-refractivity contribution in [3.63, 3.8) is 0 Å². The van der Waals surface area contributed by atoms with Crippen LogP contribution in [0.4, 0.5) is 11.4 Å². The molecule has 4 aliphatic rings. The maximum Gasteiger partial charge on any atom is 0.196 e. The highest BCUT2D eigenvalue weighted by Gasteiger charge is 2.39. The van der Waals surface area contributed by atoms with Crippen LogP contribution in [0.2, 0.25) is 0 Å². The Labute approximate surface area is 184 Å². The second-order valence-corrected chi connectivity index (χ2v) is 8.64. The maximum atomic E-state index is 13.6. The van der Waals surface area contributed by atoms with Crippen LogP contribution in [-0.2, 0) is 0 Å². The highest BCUT2D eigenvalue weighted by molar-refractivity contribution is 6.33. The van der Waals surface area contributed by atoms with Crippen molar-refractivity contribution in [2.75, 3.05) is 18.0 Å². The Bertz CT molecular complexity index is 1250. The molecule has 0 spiro atoms. The second-order valence-electron chi connectivity index (χ2n) is 8.20. The summed E-state index contributed by atoms with van der Waals surface area (Å²) in [5.41, 5.74) is 3.54. The van der Waals surface area contributed by atoms with Gasteiger partial charge in [0.2, 0.25) is 0 Å². The molecule has 2 aliphatic heterocycles. The number of ether oxygens (including phenoxy) is 1. The molecule has 1 fully saturated rings. The first-order chi connectivity index (χ1) is 15.1. The van der Waals surface area contributed by atoms with Crippen LogP contribution in [-0.4, -0.2) is 36.5 Å². The number of benzene rings is 2. The predicted molar refractivity (Wildman–Crippen MR) is 120 cm³/mol. The molecule has 0 amide bonds. The van der Waals surface area contributed by atoms with Gasteiger partial charge in [0.05, 0.1) is 22.5 Å². The highest BCUT2D eigenvalue weighted by Crippen LogP contribution is 2.47. The van der Waals surface area contributed by atoms with Gasteiger partial charge in [-0.3, -0.25) is 9.59 Å². The van der Waals surface area contributed by atoms with E-state index in [-0.39, 0.29) is 11.6 Å². The first-order valence-corrected chi connectivity index (χ1v) is 10.9. The number of hydrogen-bond donors (Lipinski definition) is 0. The van der Waals surface area contributed by atoms with E-state index in [2.05, 4.69) is 4.90 Å². The third-order valence-corrected chi connectivity index (χ3v) is 6.57. The molecule has 0 saturated carbocycles. The molecule has 1 saturated heterocycles. The molecule has 1 unspecified atom stereocenters. The van der Waals surface area contributed by atoms with Crippen molar-refractivity contribution in [2.45, 2.75) is 25.4 Å². The number of allylic oxidation sites excluding steroid dienone is 2. The van der Waals surface area contributed by atoms with Gasteiger partial charge in [0.1, 0.15) is 11.4 Å². The first-order valence-electron chi connectivity index (χ1n) is 10.6. The van der Waals surface area contributed by atoms with Crippen LogP contribution in [0.5, 0.6) is 5.75 Å². The summed E-state index contributed by atoms with van der Waals surface area (Å²) in [6, 6.07) is 8.91. The summed E-state index contributed by atoms with van der Waals surface area (Å²) in [6.45, 7) is 1.70. The van der Waals surface area contributed by atoms with Gasteiger partial charge < -0.3 is 9.64 Å². The van der Waals surface area contributed by atoms with Gasteiger partial charge in [0, 0.05) is 35.3 Å². The van der Waals surface area contributed by atoms with Crippen LogP contribution in [0.25, 0.3) is 0 Å². The lowest BCUT2D eigenvalue weighted by atomic mass is 9.81. The van der Waals surface area contributed by atoms with Crippen molar-refractivity contribution in [3.05, 3.63) is 75.8 Å². The number of fused-ring (bicyclic) bond motifs is 5. The molecule has 2 heterocycles. The smallest absolute Gasteiger partial charge is 0.196 e. The molecule has 0 N–H and O–H groups in total. The number of piperidine rings is 1. The monoisotopic (exact) mass is 430 g/mol. The van der Waals surface area contributed by atoms with Gasteiger partial charge in [-0.2, -0.15) is 0 Å². The number of anilines is 1. The molecule has 0 bridgehead atoms. The van der Waals surface area contributed by atoms with Crippen LogP contribution in [0.3, 0.4) is 0 Å². The molecule has 31 heavy (non-hydrogen) atoms. The van der Waals surface area contributed by atoms with Crippen molar-refractivity contribution < 1.29 is 14.3 Å². The SMILES string of the molecule is O=C1c2ccccc2C(=O)c2c3c(cc(N4CCCCC4)c21)OC1C=C(Cl)C=CC1=N3. The quantitative estimate of drug-likeness (QED) is 0.546. The van der Waals surface area contributed by atoms with Crippen LogP contribution in [0.1, 0.15) is 51.1 Å². The predicted octanol–water partition coefficient (Wildman–Crippen LogP) is 4.98. The van der Waals surface area contributed by atoms with Gasteiger partial charge >= 0.3 is 0 Å². The van der Waals surface area contributed by atoms with Crippen molar-refractivity contribution in [1.29, 1.82) is 0 Å². The molecule has 1 atom stereocenters. The first kappa shape index (κ1) is 18.6. The van der Waals surface area contributed by atoms with Gasteiger partial charge in [-0.1, -0.05) is 35.9 Å². The fraction of sp³-hybridized carbons (Fsp3) is 0.240. The van der Waals surface area contributed by atoms with Gasteiger partial charge in [-0.25, -0.2) is 4.99 Å². The molecule has 0 aromatic heterocycles. The molecular formula is C25H19ClN2O3. The Kier molecular flexibility index (Phi) is 4.15. The van der Waals surface area contributed by atoms with Gasteiger partial charge in [-0.05, 0) is 37.5 Å². The minimum atomic E-state index is -0.404. The zero-order valence-corrected chi connectivity index (χ0v) is 17.5. The largest absolute Gasteiger partial charge is 0.478 e. The number of carbonyl (C=O) groups excluding carboxylic acids is 2. The maximum absolute atomic E-state index is 13.6. The third kappa shape index (κ3) is 2.80. The summed E-state index contributed by atoms with van der Waals surface area (Å²) in [6.07, 6.45) is 8.22. The Morgan fingerprint density at radius 2 is 1.68 bits per heavy atom. The fourth-order valence-corrected chi connectivity index (χ4v) is 5.00. The number of aliphatic imine (C=N–C) groups is 1. The van der Waals surface area contributed by atoms with Crippen molar-refractivity contribution in [2.24, 2.45) is 4.99 Å². The molecular weight excluding hydrogens is 412 g/mol. The summed E-state index contributed by atoms with van der Waals surface area (Å²) in [4.78, 5) is 34.2. The fourth-order valence-electron chi connectivity index (χ4n) is 4.83. The van der Waals surface area contributed by atoms with Crippen molar-refractivity contribution in [1.82, 2.24) is 0 Å². The van der Waals surface area contributed by atoms with E-state index >= 15 is 0 Å². The molecule has 6 rings (SSSR count). The van der Waals surface area contributed by atoms with Crippen LogP contribution in [0, 0.1) is 0 Å². The number of ketones is 2. The number of halogens is 1. The molecule has 6 heteroatoms. The highest BCUT2D eigenvalue weighted by atomic mass is 35.5. The van der Waals surface area contributed by atoms with Crippen LogP contribution < -0.4 is 9.64 Å². The topological polar surface area (TPSA) is 59.0 Å². The van der Waals surface area contributed by atoms with Gasteiger partial charge in [0.25, 0.3) is 0 Å². The van der Waals surface area contributed by atoms with E-state index in [1.54, 1.807) is 42.5 Å². The Morgan fingerprint density at radius 1 is 0.968 bits per heavy atom. The lowest BCUT2D eigenvalue weighted by Gasteiger charge is -2.34. The summed E-state index contributed by atoms with van der Waals surface area (Å²) < 4.78 is 6.24. The van der Waals surface area contributed by atoms with E-state index in [0.29, 0.717) is 44.4 Å². The molecule has 2 aliphatic carbocycles. The van der Waals surface area contributed by atoms with Gasteiger partial charge in [0.15, 0.2) is 17.7 Å². The minimum Gasteiger partial charge on any atom is -0.478 e. The van der Waals surface area contributed by atoms with E-state index < -0.39 is 6.10 Å². The van der Waals surface area contributed by atoms with E-state index in [9.17, 15) is 9.59 Å². The normalized spacial score (nSPS) is 21.3. The van der Waals surface area contributed by atoms with E-state index in [4.69, 9.17) is 21.3 Å². The summed E-state index contributed by atoms with van der Waals surface area (Å²) >= 11 is 6.16. The van der Waals surface area contributed by atoms with E-state index in [0.717, 1.165) is 31.6 Å². The lowest BCUT2D eigenvalue weighted by molar-refractivity contribution is 0.0979. The van der Waals surface area contributed by atoms with E-state index in [1.165, 1.54) is 6.42 Å². The molecule has 2 aromatic rings. The number of nitrogens with zero attached hydrogens (tertiary/aromatic N) is 2. The molecule has 5 nitrogen and oxygen atoms in total. The van der Waals surface area contributed by atoms with Crippen molar-refractivity contribution in [3.8, 4) is 5.75 Å². The van der Waals surface area contributed by atoms with Crippen LogP contribution >= 0.6 is 11.6 Å². The molecule has 154 valence electrons.